The van der Waals surface area contributed by atoms with Gasteiger partial charge in [0.1, 0.15) is 11.5 Å². The van der Waals surface area contributed by atoms with Crippen molar-refractivity contribution in [1.29, 1.82) is 0 Å². The Kier molecular flexibility index (Phi) is 3.66. The second kappa shape index (κ2) is 5.03. The Labute approximate surface area is 119 Å². The lowest BCUT2D eigenvalue weighted by Gasteiger charge is -2.14. The van der Waals surface area contributed by atoms with Gasteiger partial charge in [0, 0.05) is 18.1 Å². The molecule has 4 nitrogen and oxygen atoms in total. The summed E-state index contributed by atoms with van der Waals surface area (Å²) in [7, 11) is 0.842. The van der Waals surface area contributed by atoms with E-state index in [4.69, 9.17) is 11.6 Å². The zero-order chi connectivity index (χ0) is 15.9. The summed E-state index contributed by atoms with van der Waals surface area (Å²) in [6.45, 7) is 0. The molecule has 0 spiro atoms. The van der Waals surface area contributed by atoms with Crippen molar-refractivity contribution in [1.82, 2.24) is 9.13 Å². The summed E-state index contributed by atoms with van der Waals surface area (Å²) in [5, 5.41) is 0.0213. The van der Waals surface area contributed by atoms with Crippen molar-refractivity contribution < 1.29 is 17.6 Å². The van der Waals surface area contributed by atoms with E-state index in [1.807, 2.05) is 0 Å². The molecule has 0 unspecified atom stereocenters. The molecule has 0 aliphatic heterocycles. The van der Waals surface area contributed by atoms with Gasteiger partial charge >= 0.3 is 11.9 Å². The molecule has 112 valence electrons. The van der Waals surface area contributed by atoms with Crippen LogP contribution in [0.2, 0.25) is 5.02 Å². The van der Waals surface area contributed by atoms with Crippen molar-refractivity contribution in [2.75, 3.05) is 0 Å². The van der Waals surface area contributed by atoms with Gasteiger partial charge in [0.15, 0.2) is 0 Å². The largest absolute Gasteiger partial charge is 0.431 e. The predicted molar refractivity (Wildman–Crippen MR) is 67.2 cm³/mol. The van der Waals surface area contributed by atoms with E-state index in [1.165, 1.54) is 6.07 Å². The van der Waals surface area contributed by atoms with Crippen LogP contribution in [0.5, 0.6) is 0 Å². The van der Waals surface area contributed by atoms with Crippen LogP contribution in [0.25, 0.3) is 5.69 Å². The second-order valence-corrected chi connectivity index (χ2v) is 4.57. The molecule has 9 heteroatoms. The number of aromatic nitrogens is 2. The van der Waals surface area contributed by atoms with Gasteiger partial charge in [-0.1, -0.05) is 11.6 Å². The van der Waals surface area contributed by atoms with Gasteiger partial charge in [0.2, 0.25) is 0 Å². The van der Waals surface area contributed by atoms with Gasteiger partial charge in [0.05, 0.1) is 5.69 Å². The molecule has 1 aromatic heterocycles. The molecule has 0 amide bonds. The minimum Gasteiger partial charge on any atom is -0.292 e. The molecule has 0 N–H and O–H groups in total. The normalized spacial score (nSPS) is 11.7. The lowest BCUT2D eigenvalue weighted by atomic mass is 10.3. The SMILES string of the molecule is Cn1c(C(F)(F)F)cc(=O)n(-c2ccc(Cl)cc2F)c1=O. The van der Waals surface area contributed by atoms with Crippen molar-refractivity contribution >= 4 is 11.6 Å². The highest BCUT2D eigenvalue weighted by Gasteiger charge is 2.35. The van der Waals surface area contributed by atoms with E-state index in [9.17, 15) is 27.2 Å². The monoisotopic (exact) mass is 322 g/mol. The minimum absolute atomic E-state index is 0.0213. The maximum atomic E-state index is 13.7. The van der Waals surface area contributed by atoms with Crippen LogP contribution >= 0.6 is 11.6 Å². The highest BCUT2D eigenvalue weighted by atomic mass is 35.5. The average molecular weight is 323 g/mol. The molecule has 21 heavy (non-hydrogen) atoms. The molecule has 0 fully saturated rings. The lowest BCUT2D eigenvalue weighted by molar-refractivity contribution is -0.144. The fourth-order valence-corrected chi connectivity index (χ4v) is 1.94. The first-order valence-electron chi connectivity index (χ1n) is 5.48. The molecule has 0 bridgehead atoms. The Morgan fingerprint density at radius 2 is 1.76 bits per heavy atom. The first-order valence-corrected chi connectivity index (χ1v) is 5.86. The molecule has 2 rings (SSSR count). The molecule has 0 aliphatic carbocycles. The van der Waals surface area contributed by atoms with Crippen LogP contribution in [0.15, 0.2) is 33.9 Å². The zero-order valence-corrected chi connectivity index (χ0v) is 11.2. The van der Waals surface area contributed by atoms with E-state index >= 15 is 0 Å². The van der Waals surface area contributed by atoms with Crippen LogP contribution < -0.4 is 11.2 Å². The van der Waals surface area contributed by atoms with Gasteiger partial charge in [-0.05, 0) is 18.2 Å². The standard InChI is InChI=1S/C12H7ClF4N2O2/c1-18-9(12(15,16)17)5-10(20)19(11(18)21)8-3-2-6(13)4-7(8)14/h2-5H,1H3. The summed E-state index contributed by atoms with van der Waals surface area (Å²) in [4.78, 5) is 23.7. The van der Waals surface area contributed by atoms with Crippen molar-refractivity contribution in [2.45, 2.75) is 6.18 Å². The third-order valence-electron chi connectivity index (χ3n) is 2.76. The molecule has 2 aromatic rings. The molecular weight excluding hydrogens is 316 g/mol. The number of alkyl halides is 3. The first kappa shape index (κ1) is 15.3. The van der Waals surface area contributed by atoms with E-state index in [0.29, 0.717) is 4.57 Å². The van der Waals surface area contributed by atoms with E-state index in [1.54, 1.807) is 0 Å². The van der Waals surface area contributed by atoms with Crippen molar-refractivity contribution in [3.8, 4) is 5.69 Å². The predicted octanol–water partition coefficient (Wildman–Crippen LogP) is 2.35. The van der Waals surface area contributed by atoms with Crippen molar-refractivity contribution in [3.05, 3.63) is 61.6 Å². The third kappa shape index (κ3) is 2.71. The minimum atomic E-state index is -4.87. The van der Waals surface area contributed by atoms with Crippen LogP contribution in [0.3, 0.4) is 0 Å². The highest BCUT2D eigenvalue weighted by molar-refractivity contribution is 6.30. The Hall–Kier alpha value is -2.09. The Bertz CT molecular complexity index is 823. The van der Waals surface area contributed by atoms with E-state index in [2.05, 4.69) is 0 Å². The maximum Gasteiger partial charge on any atom is 0.431 e. The van der Waals surface area contributed by atoms with Gasteiger partial charge in [-0.25, -0.2) is 13.8 Å². The van der Waals surface area contributed by atoms with Gasteiger partial charge in [-0.2, -0.15) is 13.2 Å². The summed E-state index contributed by atoms with van der Waals surface area (Å²) in [5.74, 6) is -0.999. The molecule has 1 heterocycles. The summed E-state index contributed by atoms with van der Waals surface area (Å²) in [5.41, 5.74) is -4.48. The molecule has 0 radical (unpaired) electrons. The summed E-state index contributed by atoms with van der Waals surface area (Å²) in [6.07, 6.45) is -4.87. The maximum absolute atomic E-state index is 13.7. The molecule has 0 atom stereocenters. The summed E-state index contributed by atoms with van der Waals surface area (Å²) in [6, 6.07) is 3.33. The highest BCUT2D eigenvalue weighted by Crippen LogP contribution is 2.27. The summed E-state index contributed by atoms with van der Waals surface area (Å²) < 4.78 is 52.3. The van der Waals surface area contributed by atoms with Gasteiger partial charge in [0.25, 0.3) is 5.56 Å². The van der Waals surface area contributed by atoms with Crippen molar-refractivity contribution in [2.24, 2.45) is 7.05 Å². The fourth-order valence-electron chi connectivity index (χ4n) is 1.78. The van der Waals surface area contributed by atoms with Crippen LogP contribution in [-0.2, 0) is 13.2 Å². The second-order valence-electron chi connectivity index (χ2n) is 4.14. The topological polar surface area (TPSA) is 44.0 Å². The van der Waals surface area contributed by atoms with Gasteiger partial charge in [-0.15, -0.1) is 0 Å². The number of hydrogen-bond donors (Lipinski definition) is 0. The molecular formula is C12H7ClF4N2O2. The van der Waals surface area contributed by atoms with Crippen LogP contribution in [0, 0.1) is 5.82 Å². The fraction of sp³-hybridized carbons (Fsp3) is 0.167. The molecule has 0 saturated heterocycles. The Morgan fingerprint density at radius 1 is 1.14 bits per heavy atom. The van der Waals surface area contributed by atoms with E-state index in [0.717, 1.165) is 19.2 Å². The Morgan fingerprint density at radius 3 is 2.29 bits per heavy atom. The smallest absolute Gasteiger partial charge is 0.292 e. The van der Waals surface area contributed by atoms with Gasteiger partial charge < -0.3 is 0 Å². The lowest BCUT2D eigenvalue weighted by Crippen LogP contribution is -2.41. The summed E-state index contributed by atoms with van der Waals surface area (Å²) >= 11 is 5.54. The average Bonchev–Trinajstić information content (AvgIpc) is 2.35. The van der Waals surface area contributed by atoms with Crippen LogP contribution in [0.4, 0.5) is 17.6 Å². The number of hydrogen-bond acceptors (Lipinski definition) is 2. The van der Waals surface area contributed by atoms with Crippen LogP contribution in [-0.4, -0.2) is 9.13 Å². The molecule has 1 aromatic carbocycles. The number of nitrogens with zero attached hydrogens (tertiary/aromatic N) is 2. The third-order valence-corrected chi connectivity index (χ3v) is 3.00. The van der Waals surface area contributed by atoms with Gasteiger partial charge in [-0.3, -0.25) is 9.36 Å². The first-order chi connectivity index (χ1) is 9.62. The number of halogens is 5. The quantitative estimate of drug-likeness (QED) is 0.757. The van der Waals surface area contributed by atoms with Crippen LogP contribution in [0.1, 0.15) is 5.69 Å². The van der Waals surface area contributed by atoms with Crippen molar-refractivity contribution in [3.63, 3.8) is 0 Å². The Balaban J connectivity index is 2.82. The van der Waals surface area contributed by atoms with E-state index in [-0.39, 0.29) is 15.7 Å². The molecule has 0 aliphatic rings. The molecule has 0 saturated carbocycles. The number of benzene rings is 1. The zero-order valence-electron chi connectivity index (χ0n) is 10.4. The van der Waals surface area contributed by atoms with E-state index < -0.39 is 34.6 Å². The number of rotatable bonds is 1.